The van der Waals surface area contributed by atoms with Crippen LogP contribution in [0, 0.1) is 18.3 Å². The Morgan fingerprint density at radius 3 is 2.61 bits per heavy atom. The molecule has 1 fully saturated rings. The van der Waals surface area contributed by atoms with Crippen molar-refractivity contribution in [3.05, 3.63) is 69.9 Å². The van der Waals surface area contributed by atoms with Crippen molar-refractivity contribution in [1.29, 1.82) is 5.26 Å². The number of anilines is 1. The minimum atomic E-state index is -0.586. The van der Waals surface area contributed by atoms with Crippen molar-refractivity contribution in [2.45, 2.75) is 39.5 Å². The van der Waals surface area contributed by atoms with Gasteiger partial charge in [0.05, 0.1) is 29.6 Å². The predicted octanol–water partition coefficient (Wildman–Crippen LogP) is 3.47. The van der Waals surface area contributed by atoms with E-state index in [-0.39, 0.29) is 5.91 Å². The Labute approximate surface area is 228 Å². The van der Waals surface area contributed by atoms with Crippen LogP contribution in [0.1, 0.15) is 29.3 Å². The average molecular weight is 533 g/mol. The molecule has 1 aromatic heterocycles. The number of piperazine rings is 1. The van der Waals surface area contributed by atoms with Gasteiger partial charge in [0, 0.05) is 81.0 Å². The first-order valence-corrected chi connectivity index (χ1v) is 13.5. The number of hydrogen-bond acceptors (Lipinski definition) is 6. The van der Waals surface area contributed by atoms with Crippen LogP contribution in [-0.4, -0.2) is 76.0 Å². The second kappa shape index (κ2) is 11.2. The number of nitrogens with zero attached hydrogens (tertiary/aromatic N) is 6. The van der Waals surface area contributed by atoms with E-state index in [9.17, 15) is 15.2 Å². The zero-order valence-corrected chi connectivity index (χ0v) is 22.7. The molecule has 1 atom stereocenters. The van der Waals surface area contributed by atoms with E-state index in [1.54, 1.807) is 6.92 Å². The van der Waals surface area contributed by atoms with E-state index < -0.39 is 6.10 Å². The van der Waals surface area contributed by atoms with Gasteiger partial charge in [0.15, 0.2) is 0 Å². The van der Waals surface area contributed by atoms with Gasteiger partial charge >= 0.3 is 0 Å². The fourth-order valence-electron chi connectivity index (χ4n) is 5.45. The van der Waals surface area contributed by atoms with Crippen molar-refractivity contribution in [2.24, 2.45) is 0 Å². The molecule has 9 heteroatoms. The highest BCUT2D eigenvalue weighted by molar-refractivity contribution is 6.31. The third-order valence-electron chi connectivity index (χ3n) is 7.61. The number of nitriles is 1. The lowest BCUT2D eigenvalue weighted by atomic mass is 10.00. The van der Waals surface area contributed by atoms with Gasteiger partial charge in [-0.1, -0.05) is 35.9 Å². The summed E-state index contributed by atoms with van der Waals surface area (Å²) in [4.78, 5) is 18.5. The van der Waals surface area contributed by atoms with E-state index in [0.717, 1.165) is 59.9 Å². The summed E-state index contributed by atoms with van der Waals surface area (Å²) in [6.45, 7) is 8.90. The molecule has 198 valence electrons. The van der Waals surface area contributed by atoms with Crippen LogP contribution in [0.2, 0.25) is 5.02 Å². The molecule has 0 spiro atoms. The molecule has 3 heterocycles. The number of carbonyl (C=O) groups excluding carboxylic acids is 1. The summed E-state index contributed by atoms with van der Waals surface area (Å²) >= 11 is 6.43. The lowest BCUT2D eigenvalue weighted by Gasteiger charge is -2.37. The van der Waals surface area contributed by atoms with E-state index >= 15 is 0 Å². The van der Waals surface area contributed by atoms with Crippen LogP contribution in [0.3, 0.4) is 0 Å². The van der Waals surface area contributed by atoms with E-state index in [0.29, 0.717) is 43.2 Å². The fourth-order valence-corrected chi connectivity index (χ4v) is 5.63. The quantitative estimate of drug-likeness (QED) is 0.523. The summed E-state index contributed by atoms with van der Waals surface area (Å²) in [6.07, 6.45) is 0.114. The number of amides is 1. The number of aromatic nitrogens is 2. The fraction of sp³-hybridized carbons (Fsp3) is 0.414. The second-order valence-electron chi connectivity index (χ2n) is 10.2. The summed E-state index contributed by atoms with van der Waals surface area (Å²) in [5.41, 5.74) is 6.52. The lowest BCUT2D eigenvalue weighted by molar-refractivity contribution is -0.129. The summed E-state index contributed by atoms with van der Waals surface area (Å²) in [7, 11) is 0. The maximum Gasteiger partial charge on any atom is 0.219 e. The zero-order valence-electron chi connectivity index (χ0n) is 21.9. The Kier molecular flexibility index (Phi) is 7.70. The number of fused-ring (bicyclic) bond motifs is 1. The first-order valence-electron chi connectivity index (χ1n) is 13.1. The molecule has 1 N–H and O–H groups in total. The normalized spacial score (nSPS) is 16.7. The molecule has 3 aromatic rings. The average Bonchev–Trinajstić information content (AvgIpc) is 3.28. The highest BCUT2D eigenvalue weighted by Crippen LogP contribution is 2.32. The predicted molar refractivity (Wildman–Crippen MR) is 148 cm³/mol. The smallest absolute Gasteiger partial charge is 0.219 e. The monoisotopic (exact) mass is 532 g/mol. The number of hydrogen-bond donors (Lipinski definition) is 1. The minimum Gasteiger partial charge on any atom is -0.390 e. The third kappa shape index (κ3) is 5.41. The molecule has 8 nitrogen and oxygen atoms in total. The van der Waals surface area contributed by atoms with Crippen molar-refractivity contribution in [3.63, 3.8) is 0 Å². The first-order chi connectivity index (χ1) is 18.3. The number of β-amino-alcohol motifs (C(OH)–C–C–N with tert-alkyl or cyclic N) is 1. The number of rotatable bonds is 6. The van der Waals surface area contributed by atoms with Crippen LogP contribution >= 0.6 is 11.6 Å². The molecule has 1 saturated heterocycles. The summed E-state index contributed by atoms with van der Waals surface area (Å²) in [5, 5.41) is 26.1. The van der Waals surface area contributed by atoms with Gasteiger partial charge < -0.3 is 14.9 Å². The number of aliphatic hydroxyl groups is 1. The van der Waals surface area contributed by atoms with Gasteiger partial charge in [0.2, 0.25) is 5.91 Å². The molecule has 1 unspecified atom stereocenters. The minimum absolute atomic E-state index is 0.0489. The SMILES string of the molecule is CC(=O)N1CCc2c(c(-c3ccc(C)c(Cl)c3)nn2CC(O)CN2CCN(c3ccccc3C#N)CC2)C1. The first kappa shape index (κ1) is 26.2. The van der Waals surface area contributed by atoms with Gasteiger partial charge in [-0.3, -0.25) is 14.4 Å². The lowest BCUT2D eigenvalue weighted by Crippen LogP contribution is -2.49. The van der Waals surface area contributed by atoms with Crippen LogP contribution in [-0.2, 0) is 24.3 Å². The summed E-state index contributed by atoms with van der Waals surface area (Å²) in [6, 6.07) is 15.9. The Bertz CT molecular complexity index is 1370. The van der Waals surface area contributed by atoms with Gasteiger partial charge in [-0.2, -0.15) is 10.4 Å². The number of aliphatic hydroxyl groups excluding tert-OH is 1. The molecule has 38 heavy (non-hydrogen) atoms. The number of para-hydroxylation sites is 1. The Morgan fingerprint density at radius 2 is 1.89 bits per heavy atom. The van der Waals surface area contributed by atoms with Gasteiger partial charge in [0.1, 0.15) is 6.07 Å². The van der Waals surface area contributed by atoms with Crippen LogP contribution < -0.4 is 4.90 Å². The summed E-state index contributed by atoms with van der Waals surface area (Å²) < 4.78 is 1.93. The number of carbonyl (C=O) groups is 1. The van der Waals surface area contributed by atoms with Crippen molar-refractivity contribution >= 4 is 23.2 Å². The van der Waals surface area contributed by atoms with E-state index in [4.69, 9.17) is 16.7 Å². The van der Waals surface area contributed by atoms with Crippen LogP contribution in [0.15, 0.2) is 42.5 Å². The highest BCUT2D eigenvalue weighted by atomic mass is 35.5. The zero-order chi connectivity index (χ0) is 26.8. The molecular weight excluding hydrogens is 500 g/mol. The van der Waals surface area contributed by atoms with E-state index in [1.165, 1.54) is 0 Å². The number of halogens is 1. The molecule has 0 saturated carbocycles. The molecule has 2 aromatic carbocycles. The Morgan fingerprint density at radius 1 is 1.13 bits per heavy atom. The van der Waals surface area contributed by atoms with Gasteiger partial charge in [0.25, 0.3) is 0 Å². The van der Waals surface area contributed by atoms with Crippen molar-refractivity contribution in [2.75, 3.05) is 44.2 Å². The van der Waals surface area contributed by atoms with Crippen molar-refractivity contribution in [1.82, 2.24) is 19.6 Å². The number of benzene rings is 2. The van der Waals surface area contributed by atoms with Crippen molar-refractivity contribution < 1.29 is 9.90 Å². The topological polar surface area (TPSA) is 88.6 Å². The highest BCUT2D eigenvalue weighted by Gasteiger charge is 2.28. The maximum absolute atomic E-state index is 12.1. The second-order valence-corrected chi connectivity index (χ2v) is 10.6. The van der Waals surface area contributed by atoms with Crippen LogP contribution in [0.25, 0.3) is 11.3 Å². The summed E-state index contributed by atoms with van der Waals surface area (Å²) in [5.74, 6) is 0.0489. The van der Waals surface area contributed by atoms with Gasteiger partial charge in [-0.05, 0) is 30.7 Å². The standard InChI is InChI=1S/C29H33ClN6O2/c1-20-7-8-22(15-26(20)30)29-25-19-35(21(2)37)10-9-28(25)36(32-29)18-24(38)17-33-11-13-34(14-12-33)27-6-4-3-5-23(27)16-31/h3-8,15,24,38H,9-14,17-19H2,1-2H3. The number of aryl methyl sites for hydroxylation is 1. The molecule has 5 rings (SSSR count). The third-order valence-corrected chi connectivity index (χ3v) is 8.02. The largest absolute Gasteiger partial charge is 0.390 e. The molecule has 2 aliphatic rings. The molecule has 1 amide bonds. The molecule has 0 bridgehead atoms. The van der Waals surface area contributed by atoms with Gasteiger partial charge in [-0.15, -0.1) is 0 Å². The Hall–Kier alpha value is -3.38. The maximum atomic E-state index is 12.1. The van der Waals surface area contributed by atoms with Crippen molar-refractivity contribution in [3.8, 4) is 17.3 Å². The molecule has 0 radical (unpaired) electrons. The molecular formula is C29H33ClN6O2. The van der Waals surface area contributed by atoms with Crippen LogP contribution in [0.4, 0.5) is 5.69 Å². The van der Waals surface area contributed by atoms with E-state index in [2.05, 4.69) is 15.9 Å². The van der Waals surface area contributed by atoms with Gasteiger partial charge in [-0.25, -0.2) is 0 Å². The molecule has 0 aliphatic carbocycles. The van der Waals surface area contributed by atoms with Crippen LogP contribution in [0.5, 0.6) is 0 Å². The van der Waals surface area contributed by atoms with E-state index in [1.807, 2.05) is 59.0 Å². The Balaban J connectivity index is 1.29. The molecule has 2 aliphatic heterocycles.